The lowest BCUT2D eigenvalue weighted by atomic mass is 9.98. The molecule has 14 heteroatoms. The number of nitrogens with zero attached hydrogens (tertiary/aromatic N) is 7. The number of halogens is 1. The lowest BCUT2D eigenvalue weighted by Crippen LogP contribution is -2.62. The number of hydrogen-bond donors (Lipinski definition) is 3. The maximum absolute atomic E-state index is 12.1. The van der Waals surface area contributed by atoms with Gasteiger partial charge >= 0.3 is 0 Å². The minimum atomic E-state index is -0.00934. The number of carbonyl (C=O) groups excluding carboxylic acids is 3. The Balaban J connectivity index is 0.851. The fourth-order valence-electron chi connectivity index (χ4n) is 8.26. The molecule has 3 aliphatic heterocycles. The van der Waals surface area contributed by atoms with Gasteiger partial charge < -0.3 is 15.5 Å². The molecule has 0 atom stereocenters. The van der Waals surface area contributed by atoms with Crippen LogP contribution in [0.4, 0.5) is 17.1 Å². The highest BCUT2D eigenvalue weighted by atomic mass is 35.5. The number of hydrogen-bond acceptors (Lipinski definition) is 12. The van der Waals surface area contributed by atoms with E-state index in [0.717, 1.165) is 94.5 Å². The number of unbranched alkanes of at least 4 members (excludes halogenated alkanes) is 1. The van der Waals surface area contributed by atoms with Crippen molar-refractivity contribution in [2.75, 3.05) is 88.2 Å². The van der Waals surface area contributed by atoms with Crippen molar-refractivity contribution in [3.8, 4) is 11.8 Å². The number of hydrazine groups is 1. The number of aliphatic imine (C=N–C) groups is 2. The monoisotopic (exact) mass is 860 g/mol. The number of aldehydes is 2. The van der Waals surface area contributed by atoms with Gasteiger partial charge in [-0.05, 0) is 80.1 Å². The molecule has 6 rings (SSSR count). The number of piperazine rings is 1. The molecular weight excluding hydrogens is 800 g/mol. The highest BCUT2D eigenvalue weighted by molar-refractivity contribution is 6.39. The molecule has 3 aromatic carbocycles. The number of benzene rings is 3. The number of likely N-dealkylation sites (tertiary alicyclic amines) is 2. The molecule has 0 bridgehead atoms. The van der Waals surface area contributed by atoms with Crippen LogP contribution in [-0.4, -0.2) is 136 Å². The molecule has 0 aromatic heterocycles. The van der Waals surface area contributed by atoms with E-state index < -0.39 is 0 Å². The molecule has 13 nitrogen and oxygen atoms in total. The van der Waals surface area contributed by atoms with Crippen LogP contribution in [-0.2, 0) is 11.3 Å². The Labute approximate surface area is 372 Å². The number of rotatable bonds is 20. The Hall–Kier alpha value is -5.36. The smallest absolute Gasteiger partial charge is 0.234 e. The molecule has 328 valence electrons. The Kier molecular flexibility index (Phi) is 17.7. The third kappa shape index (κ3) is 13.3. The first-order valence-corrected chi connectivity index (χ1v) is 22.2. The van der Waals surface area contributed by atoms with Crippen LogP contribution in [0.5, 0.6) is 0 Å². The molecule has 3 fully saturated rings. The van der Waals surface area contributed by atoms with Gasteiger partial charge in [0.05, 0.1) is 5.69 Å². The summed E-state index contributed by atoms with van der Waals surface area (Å²) in [5.74, 6) is 6.94. The van der Waals surface area contributed by atoms with Gasteiger partial charge in [-0.1, -0.05) is 55.0 Å². The first-order chi connectivity index (χ1) is 30.3. The number of nitrogens with one attached hydrogen (secondary N) is 3. The van der Waals surface area contributed by atoms with Crippen LogP contribution < -0.4 is 21.0 Å². The van der Waals surface area contributed by atoms with E-state index in [2.05, 4.69) is 95.4 Å². The molecule has 0 spiro atoms. The second kappa shape index (κ2) is 23.7. The minimum absolute atomic E-state index is 0.00934. The van der Waals surface area contributed by atoms with Gasteiger partial charge in [0, 0.05) is 132 Å². The van der Waals surface area contributed by atoms with Crippen LogP contribution in [0.15, 0.2) is 87.6 Å². The van der Waals surface area contributed by atoms with Crippen LogP contribution in [0.3, 0.4) is 0 Å². The summed E-state index contributed by atoms with van der Waals surface area (Å²) < 4.78 is 0. The maximum atomic E-state index is 12.1. The van der Waals surface area contributed by atoms with Gasteiger partial charge in [-0.2, -0.15) is 0 Å². The van der Waals surface area contributed by atoms with E-state index in [0.29, 0.717) is 54.4 Å². The SMILES string of the molecule is C=N/C(Nc1ccccc1C=O)=C(/Cl)C=NCNc1ccc(N2CCN(C3CCN(C4CN(CCC#Cc5ccc(C=O)c(CN(C)NC(=O)CCCC)c5)C4)CC3)CC2)cc1. The van der Waals surface area contributed by atoms with Crippen LogP contribution in [0.25, 0.3) is 0 Å². The van der Waals surface area contributed by atoms with E-state index in [1.165, 1.54) is 37.8 Å². The van der Waals surface area contributed by atoms with Crippen molar-refractivity contribution in [2.24, 2.45) is 9.98 Å². The lowest BCUT2D eigenvalue weighted by molar-refractivity contribution is -0.125. The number of carbonyl (C=O) groups is 3. The third-order valence-corrected chi connectivity index (χ3v) is 12.1. The third-order valence-electron chi connectivity index (χ3n) is 11.9. The van der Waals surface area contributed by atoms with Gasteiger partial charge in [0.25, 0.3) is 0 Å². The molecule has 0 radical (unpaired) electrons. The lowest BCUT2D eigenvalue weighted by Gasteiger charge is -2.49. The largest absolute Gasteiger partial charge is 0.369 e. The summed E-state index contributed by atoms with van der Waals surface area (Å²) in [5.41, 5.74) is 8.54. The zero-order chi connectivity index (χ0) is 43.7. The molecule has 1 amide bonds. The van der Waals surface area contributed by atoms with E-state index in [1.54, 1.807) is 23.2 Å². The Morgan fingerprint density at radius 2 is 1.66 bits per heavy atom. The summed E-state index contributed by atoms with van der Waals surface area (Å²) in [6, 6.07) is 22.6. The second-order valence-corrected chi connectivity index (χ2v) is 16.6. The molecule has 0 saturated carbocycles. The predicted octanol–water partition coefficient (Wildman–Crippen LogP) is 6.34. The molecule has 3 N–H and O–H groups in total. The first-order valence-electron chi connectivity index (χ1n) is 21.8. The van der Waals surface area contributed by atoms with Gasteiger partial charge in [-0.3, -0.25) is 39.5 Å². The van der Waals surface area contributed by atoms with Gasteiger partial charge in [0.2, 0.25) is 5.91 Å². The highest BCUT2D eigenvalue weighted by Gasteiger charge is 2.35. The number of allylic oxidation sites excluding steroid dienone is 1. The normalized spacial score (nSPS) is 17.2. The molecule has 3 aromatic rings. The Bertz CT molecular complexity index is 2090. The molecule has 0 unspecified atom stereocenters. The maximum Gasteiger partial charge on any atom is 0.234 e. The number of piperidine rings is 1. The predicted molar refractivity (Wildman–Crippen MR) is 252 cm³/mol. The Morgan fingerprint density at radius 1 is 0.935 bits per heavy atom. The minimum Gasteiger partial charge on any atom is -0.369 e. The van der Waals surface area contributed by atoms with Crippen LogP contribution in [0, 0.1) is 11.8 Å². The van der Waals surface area contributed by atoms with Gasteiger partial charge in [0.1, 0.15) is 23.8 Å². The van der Waals surface area contributed by atoms with E-state index in [-0.39, 0.29) is 10.9 Å². The van der Waals surface area contributed by atoms with Crippen molar-refractivity contribution in [3.63, 3.8) is 0 Å². The standard InChI is InChI=1S/C48H61ClN10O3/c1-4-5-13-47(62)54-55(3)31-40-29-37(14-15-38(40)34-60)10-8-9-22-56-32-44(33-56)57-23-20-43(21-24-57)59-27-25-58(26-28-59)42-18-16-41(17-19-42)52-36-51-30-45(49)48(50-2)53-46-12-7-6-11-39(46)35-61/h6-7,11-12,14-19,29-30,34-35,43-44,52-53H,2,4-5,9,13,20-28,31-33,36H2,1,3H3,(H,54,62)/b48-45-,51-30?. The first kappa shape index (κ1) is 46.2. The van der Waals surface area contributed by atoms with Crippen molar-refractivity contribution in [3.05, 3.63) is 99.8 Å². The molecule has 62 heavy (non-hydrogen) atoms. The Morgan fingerprint density at radius 3 is 2.37 bits per heavy atom. The highest BCUT2D eigenvalue weighted by Crippen LogP contribution is 2.26. The second-order valence-electron chi connectivity index (χ2n) is 16.2. The van der Waals surface area contributed by atoms with Gasteiger partial charge in [-0.15, -0.1) is 0 Å². The number of anilines is 3. The molecule has 3 saturated heterocycles. The fourth-order valence-corrected chi connectivity index (χ4v) is 8.44. The summed E-state index contributed by atoms with van der Waals surface area (Å²) >= 11 is 6.42. The zero-order valence-electron chi connectivity index (χ0n) is 36.2. The van der Waals surface area contributed by atoms with Gasteiger partial charge in [0.15, 0.2) is 6.29 Å². The van der Waals surface area contributed by atoms with Crippen LogP contribution >= 0.6 is 11.6 Å². The summed E-state index contributed by atoms with van der Waals surface area (Å²) in [6.45, 7) is 16.2. The van der Waals surface area contributed by atoms with E-state index in [1.807, 2.05) is 31.3 Å². The summed E-state index contributed by atoms with van der Waals surface area (Å²) in [4.78, 5) is 53.9. The van der Waals surface area contributed by atoms with Crippen LogP contribution in [0.1, 0.15) is 77.3 Å². The van der Waals surface area contributed by atoms with Crippen molar-refractivity contribution in [1.82, 2.24) is 25.1 Å². The molecular formula is C48H61ClN10O3. The number of para-hydroxylation sites is 1. The summed E-state index contributed by atoms with van der Waals surface area (Å²) in [5, 5.41) is 8.38. The van der Waals surface area contributed by atoms with Gasteiger partial charge in [-0.25, -0.2) is 10.0 Å². The van der Waals surface area contributed by atoms with E-state index >= 15 is 0 Å². The van der Waals surface area contributed by atoms with E-state index in [9.17, 15) is 14.4 Å². The summed E-state index contributed by atoms with van der Waals surface area (Å²) in [6.07, 6.45) is 8.74. The van der Waals surface area contributed by atoms with Crippen molar-refractivity contribution >= 4 is 60.1 Å². The topological polar surface area (TPSA) is 128 Å². The average Bonchev–Trinajstić information content (AvgIpc) is 3.28. The van der Waals surface area contributed by atoms with E-state index in [4.69, 9.17) is 11.6 Å². The number of amides is 1. The average molecular weight is 862 g/mol. The fraction of sp³-hybridized carbons (Fsp3) is 0.438. The molecule has 3 aliphatic rings. The van der Waals surface area contributed by atoms with Crippen molar-refractivity contribution < 1.29 is 14.4 Å². The van der Waals surface area contributed by atoms with Crippen molar-refractivity contribution in [1.29, 1.82) is 0 Å². The molecule has 3 heterocycles. The zero-order valence-corrected chi connectivity index (χ0v) is 37.0. The molecule has 0 aliphatic carbocycles. The van der Waals surface area contributed by atoms with Crippen LogP contribution in [0.2, 0.25) is 0 Å². The summed E-state index contributed by atoms with van der Waals surface area (Å²) in [7, 11) is 1.82. The quantitative estimate of drug-likeness (QED) is 0.0513. The van der Waals surface area contributed by atoms with Crippen molar-refractivity contribution in [2.45, 2.75) is 64.1 Å².